The zero-order chi connectivity index (χ0) is 11.9. The number of benzene rings is 1. The Morgan fingerprint density at radius 3 is 2.76 bits per heavy atom. The maximum atomic E-state index is 9.32. The van der Waals surface area contributed by atoms with Gasteiger partial charge >= 0.3 is 0 Å². The second-order valence-electron chi connectivity index (χ2n) is 3.99. The number of hydrogen-bond donors (Lipinski definition) is 3. The Morgan fingerprint density at radius 1 is 1.29 bits per heavy atom. The summed E-state index contributed by atoms with van der Waals surface area (Å²) in [5.74, 6) is 0.886. The largest absolute Gasteiger partial charge is 0.395 e. The monoisotopic (exact) mass is 231 g/mol. The zero-order valence-corrected chi connectivity index (χ0v) is 9.63. The maximum absolute atomic E-state index is 9.32. The van der Waals surface area contributed by atoms with Gasteiger partial charge in [-0.3, -0.25) is 0 Å². The fourth-order valence-electron chi connectivity index (χ4n) is 1.74. The lowest BCUT2D eigenvalue weighted by molar-refractivity contribution is 0.240. The topological polar surface area (TPSA) is 60.9 Å². The fraction of sp³-hybridized carbons (Fsp3) is 0.308. The number of rotatable bonds is 6. The summed E-state index contributed by atoms with van der Waals surface area (Å²) in [5, 5.41) is 12.6. The first-order valence-electron chi connectivity index (χ1n) is 5.75. The molecular formula is C13H17N3O. The highest BCUT2D eigenvalue weighted by molar-refractivity contribution is 5.15. The first-order chi connectivity index (χ1) is 8.38. The molecule has 4 heteroatoms. The minimum atomic E-state index is 0.0579. The number of imidazole rings is 1. The van der Waals surface area contributed by atoms with Gasteiger partial charge in [0.25, 0.3) is 0 Å². The molecule has 17 heavy (non-hydrogen) atoms. The highest BCUT2D eigenvalue weighted by Gasteiger charge is 2.08. The van der Waals surface area contributed by atoms with Crippen LogP contribution in [0.15, 0.2) is 42.7 Å². The smallest absolute Gasteiger partial charge is 0.120 e. The Labute approximate surface area is 101 Å². The molecule has 0 spiro atoms. The molecule has 2 aromatic rings. The number of aliphatic hydroxyl groups excluding tert-OH is 1. The Hall–Kier alpha value is -1.65. The van der Waals surface area contributed by atoms with Gasteiger partial charge in [0.2, 0.25) is 0 Å². The van der Waals surface area contributed by atoms with Gasteiger partial charge in [0.1, 0.15) is 5.82 Å². The average Bonchev–Trinajstić information content (AvgIpc) is 2.89. The zero-order valence-electron chi connectivity index (χ0n) is 9.63. The molecule has 1 aromatic carbocycles. The lowest BCUT2D eigenvalue weighted by Gasteiger charge is -2.15. The first-order valence-corrected chi connectivity index (χ1v) is 5.75. The number of H-pyrrole nitrogens is 1. The van der Waals surface area contributed by atoms with E-state index >= 15 is 0 Å². The molecule has 1 heterocycles. The van der Waals surface area contributed by atoms with Crippen LogP contribution in [0.3, 0.4) is 0 Å². The van der Waals surface area contributed by atoms with Crippen LogP contribution in [-0.4, -0.2) is 27.7 Å². The number of nitrogens with one attached hydrogen (secondary N) is 2. The van der Waals surface area contributed by atoms with Crippen molar-refractivity contribution in [1.82, 2.24) is 15.3 Å². The molecule has 3 N–H and O–H groups in total. The summed E-state index contributed by atoms with van der Waals surface area (Å²) in [6.07, 6.45) is 4.34. The summed E-state index contributed by atoms with van der Waals surface area (Å²) in [6, 6.07) is 10.2. The van der Waals surface area contributed by atoms with Gasteiger partial charge in [-0.25, -0.2) is 4.98 Å². The Bertz CT molecular complexity index is 413. The van der Waals surface area contributed by atoms with E-state index < -0.39 is 0 Å². The van der Waals surface area contributed by atoms with Crippen LogP contribution in [0, 0.1) is 0 Å². The van der Waals surface area contributed by atoms with Crippen LogP contribution in [-0.2, 0) is 13.0 Å². The van der Waals surface area contributed by atoms with Crippen molar-refractivity contribution < 1.29 is 5.11 Å². The lowest BCUT2D eigenvalue weighted by atomic mass is 10.1. The van der Waals surface area contributed by atoms with Crippen molar-refractivity contribution in [2.45, 2.75) is 19.0 Å². The third kappa shape index (κ3) is 3.69. The molecule has 90 valence electrons. The van der Waals surface area contributed by atoms with Gasteiger partial charge < -0.3 is 15.4 Å². The predicted octanol–water partition coefficient (Wildman–Crippen LogP) is 1.10. The number of hydrogen-bond acceptors (Lipinski definition) is 3. The molecule has 1 atom stereocenters. The van der Waals surface area contributed by atoms with E-state index in [2.05, 4.69) is 27.4 Å². The Morgan fingerprint density at radius 2 is 2.12 bits per heavy atom. The van der Waals surface area contributed by atoms with Gasteiger partial charge in [-0.1, -0.05) is 30.3 Å². The molecule has 0 aliphatic carbocycles. The Kier molecular flexibility index (Phi) is 4.30. The van der Waals surface area contributed by atoms with Crippen LogP contribution >= 0.6 is 0 Å². The quantitative estimate of drug-likeness (QED) is 0.697. The van der Waals surface area contributed by atoms with Crippen molar-refractivity contribution in [2.24, 2.45) is 0 Å². The van der Waals surface area contributed by atoms with Crippen molar-refractivity contribution in [3.63, 3.8) is 0 Å². The predicted molar refractivity (Wildman–Crippen MR) is 66.4 cm³/mol. The molecule has 0 saturated heterocycles. The molecule has 0 saturated carbocycles. The van der Waals surface area contributed by atoms with Crippen LogP contribution in [0.5, 0.6) is 0 Å². The standard InChI is InChI=1S/C13H17N3O/c17-10-12(8-11-4-2-1-3-5-11)16-9-13-14-6-7-15-13/h1-7,12,16-17H,8-10H2,(H,14,15). The molecule has 1 aromatic heterocycles. The van der Waals surface area contributed by atoms with E-state index in [-0.39, 0.29) is 12.6 Å². The van der Waals surface area contributed by atoms with Crippen LogP contribution in [0.4, 0.5) is 0 Å². The van der Waals surface area contributed by atoms with E-state index in [0.717, 1.165) is 12.2 Å². The molecular weight excluding hydrogens is 214 g/mol. The minimum Gasteiger partial charge on any atom is -0.395 e. The highest BCUT2D eigenvalue weighted by Crippen LogP contribution is 2.03. The van der Waals surface area contributed by atoms with Crippen molar-refractivity contribution in [1.29, 1.82) is 0 Å². The lowest BCUT2D eigenvalue weighted by Crippen LogP contribution is -2.34. The molecule has 4 nitrogen and oxygen atoms in total. The van der Waals surface area contributed by atoms with Crippen LogP contribution in [0.25, 0.3) is 0 Å². The van der Waals surface area contributed by atoms with E-state index in [0.29, 0.717) is 6.54 Å². The molecule has 0 aliphatic rings. The normalized spacial score (nSPS) is 12.5. The van der Waals surface area contributed by atoms with Gasteiger partial charge in [-0.2, -0.15) is 0 Å². The van der Waals surface area contributed by atoms with E-state index in [1.165, 1.54) is 5.56 Å². The van der Waals surface area contributed by atoms with E-state index in [9.17, 15) is 5.11 Å². The minimum absolute atomic E-state index is 0.0579. The number of aliphatic hydroxyl groups is 1. The van der Waals surface area contributed by atoms with E-state index in [1.807, 2.05) is 18.2 Å². The summed E-state index contributed by atoms with van der Waals surface area (Å²) in [7, 11) is 0. The van der Waals surface area contributed by atoms with E-state index in [4.69, 9.17) is 0 Å². The third-order valence-corrected chi connectivity index (χ3v) is 2.66. The molecule has 0 amide bonds. The third-order valence-electron chi connectivity index (χ3n) is 2.66. The number of aromatic amines is 1. The van der Waals surface area contributed by atoms with Crippen molar-refractivity contribution >= 4 is 0 Å². The van der Waals surface area contributed by atoms with E-state index in [1.54, 1.807) is 12.4 Å². The van der Waals surface area contributed by atoms with Crippen molar-refractivity contribution in [2.75, 3.05) is 6.61 Å². The molecule has 0 aliphatic heterocycles. The first kappa shape index (κ1) is 11.8. The maximum Gasteiger partial charge on any atom is 0.120 e. The van der Waals surface area contributed by atoms with Gasteiger partial charge in [-0.05, 0) is 12.0 Å². The second-order valence-corrected chi connectivity index (χ2v) is 3.99. The summed E-state index contributed by atoms with van der Waals surface area (Å²) in [5.41, 5.74) is 1.22. The summed E-state index contributed by atoms with van der Waals surface area (Å²) in [4.78, 5) is 7.16. The molecule has 0 radical (unpaired) electrons. The fourth-order valence-corrected chi connectivity index (χ4v) is 1.74. The van der Waals surface area contributed by atoms with Crippen molar-refractivity contribution in [3.8, 4) is 0 Å². The average molecular weight is 231 g/mol. The summed E-state index contributed by atoms with van der Waals surface area (Å²) >= 11 is 0. The molecule has 0 bridgehead atoms. The highest BCUT2D eigenvalue weighted by atomic mass is 16.3. The molecule has 0 fully saturated rings. The summed E-state index contributed by atoms with van der Waals surface area (Å²) < 4.78 is 0. The number of nitrogens with zero attached hydrogens (tertiary/aromatic N) is 1. The van der Waals surface area contributed by atoms with Crippen LogP contribution in [0.1, 0.15) is 11.4 Å². The number of aromatic nitrogens is 2. The Balaban J connectivity index is 1.85. The van der Waals surface area contributed by atoms with Crippen LogP contribution < -0.4 is 5.32 Å². The van der Waals surface area contributed by atoms with Gasteiger partial charge in [0.15, 0.2) is 0 Å². The molecule has 2 rings (SSSR count). The summed E-state index contributed by atoms with van der Waals surface area (Å²) in [6.45, 7) is 0.765. The molecule has 1 unspecified atom stereocenters. The van der Waals surface area contributed by atoms with Crippen molar-refractivity contribution in [3.05, 3.63) is 54.1 Å². The van der Waals surface area contributed by atoms with Gasteiger partial charge in [-0.15, -0.1) is 0 Å². The van der Waals surface area contributed by atoms with Gasteiger partial charge in [0, 0.05) is 18.4 Å². The van der Waals surface area contributed by atoms with Gasteiger partial charge in [0.05, 0.1) is 13.2 Å². The SMILES string of the molecule is OCC(Cc1ccccc1)NCc1ncc[nH]1. The van der Waals surface area contributed by atoms with Crippen LogP contribution in [0.2, 0.25) is 0 Å². The second kappa shape index (κ2) is 6.18.